The molecule has 0 fully saturated rings. The van der Waals surface area contributed by atoms with Crippen LogP contribution in [0.5, 0.6) is 11.5 Å². The maximum absolute atomic E-state index is 9.27. The first kappa shape index (κ1) is 12.4. The molecule has 5 N–H and O–H groups in total. The molecule has 16 heavy (non-hydrogen) atoms. The molecule has 86 valence electrons. The highest BCUT2D eigenvalue weighted by molar-refractivity contribution is 7.20. The van der Waals surface area contributed by atoms with Crippen molar-refractivity contribution in [2.75, 3.05) is 0 Å². The minimum atomic E-state index is -0.189. The van der Waals surface area contributed by atoms with Crippen LogP contribution in [0.15, 0.2) is 23.4 Å². The molecular weight excluding hydrogens is 252 g/mol. The molecule has 2 rings (SSSR count). The van der Waals surface area contributed by atoms with E-state index in [1.54, 1.807) is 6.07 Å². The normalized spacial score (nSPS) is 11.4. The second-order valence-electron chi connectivity index (χ2n) is 2.97. The zero-order chi connectivity index (χ0) is 11.0. The van der Waals surface area contributed by atoms with Gasteiger partial charge in [0.2, 0.25) is 0 Å². The lowest BCUT2D eigenvalue weighted by Gasteiger charge is -1.95. The van der Waals surface area contributed by atoms with Gasteiger partial charge in [0.25, 0.3) is 0 Å². The van der Waals surface area contributed by atoms with Crippen LogP contribution in [-0.2, 0) is 0 Å². The van der Waals surface area contributed by atoms with E-state index in [2.05, 4.69) is 5.16 Å². The van der Waals surface area contributed by atoms with Crippen LogP contribution in [0.1, 0.15) is 4.88 Å². The van der Waals surface area contributed by atoms with E-state index in [4.69, 9.17) is 10.9 Å². The molecule has 1 aromatic heterocycles. The second kappa shape index (κ2) is 4.46. The summed E-state index contributed by atoms with van der Waals surface area (Å²) >= 11 is 1.27. The van der Waals surface area contributed by atoms with Gasteiger partial charge in [-0.25, -0.2) is 0 Å². The third kappa shape index (κ3) is 1.98. The Bertz CT molecular complexity index is 514. The van der Waals surface area contributed by atoms with Gasteiger partial charge in [-0.15, -0.1) is 23.7 Å². The highest BCUT2D eigenvalue weighted by atomic mass is 35.5. The summed E-state index contributed by atoms with van der Waals surface area (Å²) in [5.41, 5.74) is 5.42. The number of fused-ring (bicyclic) bond motifs is 1. The zero-order valence-corrected chi connectivity index (χ0v) is 9.55. The van der Waals surface area contributed by atoms with Gasteiger partial charge in [-0.3, -0.25) is 0 Å². The zero-order valence-electron chi connectivity index (χ0n) is 7.91. The summed E-state index contributed by atoms with van der Waals surface area (Å²) in [6, 6.07) is 4.53. The van der Waals surface area contributed by atoms with E-state index in [9.17, 15) is 10.2 Å². The van der Waals surface area contributed by atoms with Crippen molar-refractivity contribution in [1.29, 1.82) is 0 Å². The Morgan fingerprint density at radius 2 is 1.81 bits per heavy atom. The molecule has 0 aliphatic rings. The number of phenols is 2. The van der Waals surface area contributed by atoms with E-state index in [0.29, 0.717) is 4.88 Å². The van der Waals surface area contributed by atoms with Gasteiger partial charge in [-0.1, -0.05) is 5.16 Å². The Morgan fingerprint density at radius 3 is 2.44 bits per heavy atom. The third-order valence-corrected chi connectivity index (χ3v) is 3.09. The highest BCUT2D eigenvalue weighted by Crippen LogP contribution is 2.34. The Hall–Kier alpha value is -1.66. The molecule has 0 spiro atoms. The van der Waals surface area contributed by atoms with Crippen molar-refractivity contribution in [2.24, 2.45) is 10.9 Å². The number of thiophene rings is 1. The van der Waals surface area contributed by atoms with Gasteiger partial charge in [0.1, 0.15) is 0 Å². The SMILES string of the molecule is Cl.NC(=NO)c1cc2cc(O)c(O)cc2s1. The van der Waals surface area contributed by atoms with Crippen LogP contribution in [0, 0.1) is 0 Å². The van der Waals surface area contributed by atoms with E-state index in [-0.39, 0.29) is 29.7 Å². The maximum atomic E-state index is 9.27. The van der Waals surface area contributed by atoms with Crippen LogP contribution in [0.3, 0.4) is 0 Å². The lowest BCUT2D eigenvalue weighted by atomic mass is 10.2. The number of hydrogen-bond acceptors (Lipinski definition) is 5. The fourth-order valence-electron chi connectivity index (χ4n) is 1.24. The number of aromatic hydroxyl groups is 2. The molecule has 0 unspecified atom stereocenters. The smallest absolute Gasteiger partial charge is 0.180 e. The number of amidine groups is 1. The quantitative estimate of drug-likeness (QED) is 0.207. The summed E-state index contributed by atoms with van der Waals surface area (Å²) in [5, 5.41) is 30.6. The maximum Gasteiger partial charge on any atom is 0.180 e. The number of oxime groups is 1. The van der Waals surface area contributed by atoms with Crippen molar-refractivity contribution in [3.8, 4) is 11.5 Å². The average molecular weight is 261 g/mol. The Labute approximate surface area is 101 Å². The van der Waals surface area contributed by atoms with Crippen molar-refractivity contribution >= 4 is 39.7 Å². The molecule has 5 nitrogen and oxygen atoms in total. The summed E-state index contributed by atoms with van der Waals surface area (Å²) < 4.78 is 0.756. The first-order valence-corrected chi connectivity index (χ1v) is 4.87. The van der Waals surface area contributed by atoms with E-state index < -0.39 is 0 Å². The van der Waals surface area contributed by atoms with Crippen LogP contribution in [0.2, 0.25) is 0 Å². The lowest BCUT2D eigenvalue weighted by Crippen LogP contribution is -2.10. The average Bonchev–Trinajstić information content (AvgIpc) is 2.60. The summed E-state index contributed by atoms with van der Waals surface area (Å²) in [5.74, 6) is -0.364. The molecule has 0 bridgehead atoms. The van der Waals surface area contributed by atoms with Gasteiger partial charge >= 0.3 is 0 Å². The van der Waals surface area contributed by atoms with Gasteiger partial charge in [0.05, 0.1) is 4.88 Å². The fraction of sp³-hybridized carbons (Fsp3) is 0. The van der Waals surface area contributed by atoms with Crippen molar-refractivity contribution in [3.05, 3.63) is 23.1 Å². The van der Waals surface area contributed by atoms with E-state index in [1.807, 2.05) is 0 Å². The number of rotatable bonds is 1. The second-order valence-corrected chi connectivity index (χ2v) is 4.06. The van der Waals surface area contributed by atoms with Gasteiger partial charge in [0.15, 0.2) is 17.3 Å². The fourth-order valence-corrected chi connectivity index (χ4v) is 2.21. The third-order valence-electron chi connectivity index (χ3n) is 1.97. The molecule has 0 radical (unpaired) electrons. The number of halogens is 1. The topological polar surface area (TPSA) is 99.1 Å². The molecule has 0 amide bonds. The minimum absolute atomic E-state index is 0. The molecule has 1 heterocycles. The minimum Gasteiger partial charge on any atom is -0.504 e. The molecule has 0 saturated heterocycles. The summed E-state index contributed by atoms with van der Waals surface area (Å²) in [4.78, 5) is 0.581. The van der Waals surface area contributed by atoms with E-state index in [1.165, 1.54) is 23.5 Å². The van der Waals surface area contributed by atoms with Gasteiger partial charge in [-0.05, 0) is 17.5 Å². The standard InChI is InChI=1S/C9H8N2O3S.ClH/c10-9(11-14)8-2-4-1-5(12)6(13)3-7(4)15-8;/h1-3,12-14H,(H2,10,11);1H. The van der Waals surface area contributed by atoms with Crippen molar-refractivity contribution in [2.45, 2.75) is 0 Å². The molecule has 2 aromatic rings. The monoisotopic (exact) mass is 260 g/mol. The van der Waals surface area contributed by atoms with E-state index in [0.717, 1.165) is 10.1 Å². The number of benzene rings is 1. The van der Waals surface area contributed by atoms with Gasteiger partial charge < -0.3 is 21.2 Å². The van der Waals surface area contributed by atoms with Gasteiger partial charge in [0, 0.05) is 10.8 Å². The number of nitrogens with two attached hydrogens (primary N) is 1. The molecule has 7 heteroatoms. The predicted octanol–water partition coefficient (Wildman–Crippen LogP) is 1.83. The molecule has 0 aliphatic carbocycles. The summed E-state index contributed by atoms with van der Waals surface area (Å²) in [6.45, 7) is 0. The number of nitrogens with zero attached hydrogens (tertiary/aromatic N) is 1. The largest absolute Gasteiger partial charge is 0.504 e. The molecule has 1 aromatic carbocycles. The lowest BCUT2D eigenvalue weighted by molar-refractivity contribution is 0.319. The predicted molar refractivity (Wildman–Crippen MR) is 64.9 cm³/mol. The first-order valence-electron chi connectivity index (χ1n) is 4.05. The van der Waals surface area contributed by atoms with Gasteiger partial charge in [-0.2, -0.15) is 0 Å². The van der Waals surface area contributed by atoms with Crippen molar-refractivity contribution < 1.29 is 15.4 Å². The molecule has 0 saturated carbocycles. The number of phenolic OH excluding ortho intramolecular Hbond substituents is 2. The van der Waals surface area contributed by atoms with Crippen LogP contribution >= 0.6 is 23.7 Å². The Morgan fingerprint density at radius 1 is 1.19 bits per heavy atom. The van der Waals surface area contributed by atoms with Crippen LogP contribution < -0.4 is 5.73 Å². The van der Waals surface area contributed by atoms with Crippen molar-refractivity contribution in [1.82, 2.24) is 0 Å². The van der Waals surface area contributed by atoms with Crippen LogP contribution in [0.25, 0.3) is 10.1 Å². The Balaban J connectivity index is 0.00000128. The summed E-state index contributed by atoms with van der Waals surface area (Å²) in [6.07, 6.45) is 0. The molecular formula is C9H9ClN2O3S. The molecule has 0 atom stereocenters. The Kier molecular flexibility index (Phi) is 3.46. The van der Waals surface area contributed by atoms with Crippen molar-refractivity contribution in [3.63, 3.8) is 0 Å². The van der Waals surface area contributed by atoms with Crippen LogP contribution in [0.4, 0.5) is 0 Å². The first-order chi connectivity index (χ1) is 7.11. The van der Waals surface area contributed by atoms with Crippen LogP contribution in [-0.4, -0.2) is 21.3 Å². The van der Waals surface area contributed by atoms with E-state index >= 15 is 0 Å². The number of hydrogen-bond donors (Lipinski definition) is 4. The highest BCUT2D eigenvalue weighted by Gasteiger charge is 2.08. The molecule has 0 aliphatic heterocycles. The summed E-state index contributed by atoms with van der Waals surface area (Å²) in [7, 11) is 0.